The zero-order valence-corrected chi connectivity index (χ0v) is 14.5. The standard InChI is InChI=1S/C19H20N6O/c1-12-5-7-13(8-6-12)17(20)19(26)21-15-4-2-3-14(11-15)18-22-23-24-25(18)16-9-10-16/h2-8,11,16-17H,9-10,20H2,1H3,(H,21,26). The van der Waals surface area contributed by atoms with Crippen molar-refractivity contribution < 1.29 is 4.79 Å². The molecule has 0 bridgehead atoms. The first-order valence-electron chi connectivity index (χ1n) is 8.63. The summed E-state index contributed by atoms with van der Waals surface area (Å²) in [6.07, 6.45) is 2.19. The van der Waals surface area contributed by atoms with Gasteiger partial charge >= 0.3 is 0 Å². The van der Waals surface area contributed by atoms with Crippen molar-refractivity contribution in [1.29, 1.82) is 0 Å². The zero-order chi connectivity index (χ0) is 18.1. The van der Waals surface area contributed by atoms with E-state index in [0.717, 1.165) is 29.5 Å². The highest BCUT2D eigenvalue weighted by molar-refractivity contribution is 5.95. The summed E-state index contributed by atoms with van der Waals surface area (Å²) in [6, 6.07) is 14.8. The summed E-state index contributed by atoms with van der Waals surface area (Å²) in [5.74, 6) is 0.458. The molecule has 1 saturated carbocycles. The fourth-order valence-electron chi connectivity index (χ4n) is 2.83. The number of carbonyl (C=O) groups excluding carboxylic acids is 1. The summed E-state index contributed by atoms with van der Waals surface area (Å²) in [7, 11) is 0. The van der Waals surface area contributed by atoms with Gasteiger partial charge in [-0.1, -0.05) is 42.0 Å². The van der Waals surface area contributed by atoms with Crippen LogP contribution in [0.25, 0.3) is 11.4 Å². The molecular weight excluding hydrogens is 328 g/mol. The largest absolute Gasteiger partial charge is 0.324 e. The van der Waals surface area contributed by atoms with Crippen molar-refractivity contribution in [2.45, 2.75) is 31.8 Å². The molecule has 0 saturated heterocycles. The monoisotopic (exact) mass is 348 g/mol. The minimum absolute atomic E-state index is 0.257. The van der Waals surface area contributed by atoms with Crippen LogP contribution in [0.1, 0.15) is 36.1 Å². The molecule has 1 amide bonds. The summed E-state index contributed by atoms with van der Waals surface area (Å²) >= 11 is 0. The molecule has 26 heavy (non-hydrogen) atoms. The SMILES string of the molecule is Cc1ccc(C(N)C(=O)Nc2cccc(-c3nnnn3C3CC3)c2)cc1. The van der Waals surface area contributed by atoms with Gasteiger partial charge in [-0.25, -0.2) is 4.68 Å². The number of benzene rings is 2. The number of hydrogen-bond donors (Lipinski definition) is 2. The number of aromatic nitrogens is 4. The minimum Gasteiger partial charge on any atom is -0.324 e. The number of hydrogen-bond acceptors (Lipinski definition) is 5. The Morgan fingerprint density at radius 2 is 2.00 bits per heavy atom. The highest BCUT2D eigenvalue weighted by atomic mass is 16.2. The van der Waals surface area contributed by atoms with E-state index in [2.05, 4.69) is 20.8 Å². The number of nitrogens with one attached hydrogen (secondary N) is 1. The van der Waals surface area contributed by atoms with Crippen LogP contribution in [0.4, 0.5) is 5.69 Å². The van der Waals surface area contributed by atoms with Crippen LogP contribution >= 0.6 is 0 Å². The summed E-state index contributed by atoms with van der Waals surface area (Å²) < 4.78 is 1.85. The van der Waals surface area contributed by atoms with Gasteiger partial charge in [0.15, 0.2) is 5.82 Å². The first kappa shape index (κ1) is 16.4. The van der Waals surface area contributed by atoms with Crippen molar-refractivity contribution in [2.24, 2.45) is 5.73 Å². The topological polar surface area (TPSA) is 98.7 Å². The van der Waals surface area contributed by atoms with Gasteiger partial charge in [0.25, 0.3) is 0 Å². The maximum Gasteiger partial charge on any atom is 0.245 e. The molecular formula is C19H20N6O. The number of anilines is 1. The lowest BCUT2D eigenvalue weighted by atomic mass is 10.1. The Morgan fingerprint density at radius 1 is 1.23 bits per heavy atom. The maximum atomic E-state index is 12.5. The van der Waals surface area contributed by atoms with Crippen LogP contribution in [0, 0.1) is 6.92 Å². The molecule has 0 radical (unpaired) electrons. The van der Waals surface area contributed by atoms with Crippen molar-refractivity contribution >= 4 is 11.6 Å². The fraction of sp³-hybridized carbons (Fsp3) is 0.263. The van der Waals surface area contributed by atoms with E-state index in [-0.39, 0.29) is 5.91 Å². The van der Waals surface area contributed by atoms with Crippen LogP contribution in [0.2, 0.25) is 0 Å². The molecule has 1 aliphatic rings. The molecule has 1 unspecified atom stereocenters. The highest BCUT2D eigenvalue weighted by Gasteiger charge is 2.28. The van der Waals surface area contributed by atoms with Gasteiger partial charge in [0.05, 0.1) is 6.04 Å². The molecule has 4 rings (SSSR count). The molecule has 0 spiro atoms. The summed E-state index contributed by atoms with van der Waals surface area (Å²) in [5, 5.41) is 14.9. The molecule has 7 heteroatoms. The second-order valence-electron chi connectivity index (χ2n) is 6.64. The zero-order valence-electron chi connectivity index (χ0n) is 14.5. The van der Waals surface area contributed by atoms with Crippen LogP contribution in [-0.2, 0) is 4.79 Å². The van der Waals surface area contributed by atoms with Crippen molar-refractivity contribution in [3.05, 3.63) is 59.7 Å². The number of amides is 1. The maximum absolute atomic E-state index is 12.5. The Labute approximate surface area is 151 Å². The first-order chi connectivity index (χ1) is 12.6. The van der Waals surface area contributed by atoms with Gasteiger partial charge in [0.1, 0.15) is 6.04 Å². The lowest BCUT2D eigenvalue weighted by molar-refractivity contribution is -0.117. The van der Waals surface area contributed by atoms with Gasteiger partial charge in [-0.15, -0.1) is 5.10 Å². The van der Waals surface area contributed by atoms with Crippen LogP contribution in [0.3, 0.4) is 0 Å². The van der Waals surface area contributed by atoms with Gasteiger partial charge in [-0.3, -0.25) is 4.79 Å². The predicted molar refractivity (Wildman–Crippen MR) is 98.3 cm³/mol. The number of tetrazole rings is 1. The number of rotatable bonds is 5. The lowest BCUT2D eigenvalue weighted by Crippen LogP contribution is -2.27. The second kappa shape index (κ2) is 6.68. The number of nitrogens with zero attached hydrogens (tertiary/aromatic N) is 4. The third-order valence-electron chi connectivity index (χ3n) is 4.49. The quantitative estimate of drug-likeness (QED) is 0.738. The molecule has 3 aromatic rings. The van der Waals surface area contributed by atoms with Gasteiger partial charge in [0.2, 0.25) is 5.91 Å². The number of nitrogens with two attached hydrogens (primary N) is 1. The molecule has 7 nitrogen and oxygen atoms in total. The third-order valence-corrected chi connectivity index (χ3v) is 4.49. The molecule has 0 aliphatic heterocycles. The average Bonchev–Trinajstić information content (AvgIpc) is 3.38. The van der Waals surface area contributed by atoms with Gasteiger partial charge in [-0.2, -0.15) is 0 Å². The van der Waals surface area contributed by atoms with E-state index in [9.17, 15) is 4.79 Å². The normalized spacial score (nSPS) is 14.8. The molecule has 1 atom stereocenters. The molecule has 1 fully saturated rings. The molecule has 1 aromatic heterocycles. The second-order valence-corrected chi connectivity index (χ2v) is 6.64. The molecule has 1 aliphatic carbocycles. The third kappa shape index (κ3) is 3.34. The predicted octanol–water partition coefficient (Wildman–Crippen LogP) is 2.62. The van der Waals surface area contributed by atoms with E-state index in [1.54, 1.807) is 0 Å². The van der Waals surface area contributed by atoms with E-state index < -0.39 is 6.04 Å². The number of aryl methyl sites for hydroxylation is 1. The smallest absolute Gasteiger partial charge is 0.245 e. The Balaban J connectivity index is 1.52. The Bertz CT molecular complexity index is 929. The Morgan fingerprint density at radius 3 is 2.73 bits per heavy atom. The van der Waals surface area contributed by atoms with E-state index in [1.165, 1.54) is 0 Å². The van der Waals surface area contributed by atoms with Crippen molar-refractivity contribution in [3.8, 4) is 11.4 Å². The Kier molecular flexibility index (Phi) is 4.22. The summed E-state index contributed by atoms with van der Waals surface area (Å²) in [5.41, 5.74) is 9.53. The van der Waals surface area contributed by atoms with Gasteiger partial charge < -0.3 is 11.1 Å². The van der Waals surface area contributed by atoms with Crippen LogP contribution < -0.4 is 11.1 Å². The van der Waals surface area contributed by atoms with E-state index in [0.29, 0.717) is 17.6 Å². The van der Waals surface area contributed by atoms with Gasteiger partial charge in [0, 0.05) is 11.3 Å². The summed E-state index contributed by atoms with van der Waals surface area (Å²) in [4.78, 5) is 12.5. The first-order valence-corrected chi connectivity index (χ1v) is 8.63. The molecule has 2 aromatic carbocycles. The van der Waals surface area contributed by atoms with E-state index >= 15 is 0 Å². The van der Waals surface area contributed by atoms with Gasteiger partial charge in [-0.05, 0) is 47.9 Å². The van der Waals surface area contributed by atoms with Crippen molar-refractivity contribution in [1.82, 2.24) is 20.2 Å². The minimum atomic E-state index is -0.726. The average molecular weight is 348 g/mol. The lowest BCUT2D eigenvalue weighted by Gasteiger charge is -2.13. The van der Waals surface area contributed by atoms with Crippen LogP contribution in [0.5, 0.6) is 0 Å². The number of carbonyl (C=O) groups is 1. The van der Waals surface area contributed by atoms with E-state index in [4.69, 9.17) is 5.73 Å². The molecule has 3 N–H and O–H groups in total. The fourth-order valence-corrected chi connectivity index (χ4v) is 2.83. The van der Waals surface area contributed by atoms with Crippen LogP contribution in [-0.4, -0.2) is 26.1 Å². The Hall–Kier alpha value is -3.06. The summed E-state index contributed by atoms with van der Waals surface area (Å²) in [6.45, 7) is 2.00. The van der Waals surface area contributed by atoms with Crippen LogP contribution in [0.15, 0.2) is 48.5 Å². The van der Waals surface area contributed by atoms with Crippen molar-refractivity contribution in [2.75, 3.05) is 5.32 Å². The highest BCUT2D eigenvalue weighted by Crippen LogP contribution is 2.36. The molecule has 1 heterocycles. The van der Waals surface area contributed by atoms with Crippen molar-refractivity contribution in [3.63, 3.8) is 0 Å². The molecule has 132 valence electrons. The van der Waals surface area contributed by atoms with E-state index in [1.807, 2.05) is 60.1 Å².